The number of para-hydroxylation sites is 1. The molecule has 4 heteroatoms. The van der Waals surface area contributed by atoms with E-state index in [2.05, 4.69) is 21.0 Å². The van der Waals surface area contributed by atoms with Gasteiger partial charge >= 0.3 is 0 Å². The van der Waals surface area contributed by atoms with Crippen LogP contribution in [0.5, 0.6) is 0 Å². The topological polar surface area (TPSA) is 43.8 Å². The number of hydrogen-bond donors (Lipinski definition) is 1. The van der Waals surface area contributed by atoms with Crippen molar-refractivity contribution < 1.29 is 0 Å². The Morgan fingerprint density at radius 2 is 1.65 bits per heavy atom. The highest BCUT2D eigenvalue weighted by Gasteiger charge is 2.11. The summed E-state index contributed by atoms with van der Waals surface area (Å²) in [5, 5.41) is 4.38. The summed E-state index contributed by atoms with van der Waals surface area (Å²) < 4.78 is 2.89. The third-order valence-corrected chi connectivity index (χ3v) is 3.74. The zero-order valence-corrected chi connectivity index (χ0v) is 12.4. The lowest BCUT2D eigenvalue weighted by Gasteiger charge is -2.09. The molecule has 3 rings (SSSR count). The lowest BCUT2D eigenvalue weighted by Crippen LogP contribution is -2.10. The molecule has 1 atom stereocenters. The summed E-state index contributed by atoms with van der Waals surface area (Å²) in [6.45, 7) is 0. The maximum absolute atomic E-state index is 6.29. The molecule has 0 amide bonds. The molecule has 1 heterocycles. The molecule has 2 aromatic carbocycles. The fourth-order valence-electron chi connectivity index (χ4n) is 2.08. The molecule has 3 aromatic rings. The van der Waals surface area contributed by atoms with Crippen LogP contribution in [0.3, 0.4) is 0 Å². The first-order valence-corrected chi connectivity index (χ1v) is 7.14. The molecule has 100 valence electrons. The zero-order valence-electron chi connectivity index (χ0n) is 10.8. The molecule has 0 aliphatic carbocycles. The van der Waals surface area contributed by atoms with Gasteiger partial charge in [0.15, 0.2) is 0 Å². The molecule has 0 aliphatic heterocycles. The van der Waals surface area contributed by atoms with Gasteiger partial charge in [-0.1, -0.05) is 46.3 Å². The quantitative estimate of drug-likeness (QED) is 0.797. The lowest BCUT2D eigenvalue weighted by atomic mass is 10.0. The van der Waals surface area contributed by atoms with Crippen molar-refractivity contribution in [2.75, 3.05) is 0 Å². The Balaban J connectivity index is 1.88. The van der Waals surface area contributed by atoms with E-state index >= 15 is 0 Å². The maximum atomic E-state index is 6.29. The average molecular weight is 328 g/mol. The van der Waals surface area contributed by atoms with Crippen LogP contribution in [-0.4, -0.2) is 9.78 Å². The minimum atomic E-state index is -0.166. The van der Waals surface area contributed by atoms with Gasteiger partial charge in [-0.2, -0.15) is 5.10 Å². The van der Waals surface area contributed by atoms with Gasteiger partial charge in [-0.05, 0) is 29.8 Å². The number of rotatable bonds is 3. The van der Waals surface area contributed by atoms with Crippen LogP contribution in [0.4, 0.5) is 0 Å². The summed E-state index contributed by atoms with van der Waals surface area (Å²) in [7, 11) is 0. The number of aromatic nitrogens is 2. The highest BCUT2D eigenvalue weighted by molar-refractivity contribution is 9.10. The van der Waals surface area contributed by atoms with Crippen molar-refractivity contribution in [1.82, 2.24) is 9.78 Å². The van der Waals surface area contributed by atoms with E-state index < -0.39 is 0 Å². The van der Waals surface area contributed by atoms with E-state index in [0.717, 1.165) is 21.3 Å². The third-order valence-electron chi connectivity index (χ3n) is 3.21. The van der Waals surface area contributed by atoms with Crippen LogP contribution in [0.25, 0.3) is 5.69 Å². The molecule has 0 aliphatic rings. The van der Waals surface area contributed by atoms with E-state index in [1.807, 2.05) is 71.7 Å². The number of halogens is 1. The van der Waals surface area contributed by atoms with Gasteiger partial charge in [0.05, 0.1) is 17.9 Å². The van der Waals surface area contributed by atoms with E-state index in [-0.39, 0.29) is 6.04 Å². The fourth-order valence-corrected chi connectivity index (χ4v) is 2.35. The molecular weight excluding hydrogens is 314 g/mol. The summed E-state index contributed by atoms with van der Waals surface area (Å²) in [4.78, 5) is 0. The minimum absolute atomic E-state index is 0.166. The van der Waals surface area contributed by atoms with Gasteiger partial charge in [0, 0.05) is 16.2 Å². The second-order valence-corrected chi connectivity index (χ2v) is 5.50. The minimum Gasteiger partial charge on any atom is -0.320 e. The molecule has 0 bridgehead atoms. The van der Waals surface area contributed by atoms with E-state index in [4.69, 9.17) is 5.73 Å². The predicted octanol–water partition coefficient (Wildman–Crippen LogP) is 3.68. The first kappa shape index (κ1) is 13.1. The maximum Gasteiger partial charge on any atom is 0.0645 e. The number of hydrogen-bond acceptors (Lipinski definition) is 2. The molecule has 1 aromatic heterocycles. The summed E-state index contributed by atoms with van der Waals surface area (Å²) in [5.74, 6) is 0. The number of nitrogens with two attached hydrogens (primary N) is 1. The Kier molecular flexibility index (Phi) is 3.67. The highest BCUT2D eigenvalue weighted by Crippen LogP contribution is 2.21. The Hall–Kier alpha value is -1.91. The smallest absolute Gasteiger partial charge is 0.0645 e. The van der Waals surface area contributed by atoms with Crippen LogP contribution >= 0.6 is 15.9 Å². The first-order chi connectivity index (χ1) is 9.74. The van der Waals surface area contributed by atoms with Crippen LogP contribution in [0.1, 0.15) is 17.2 Å². The van der Waals surface area contributed by atoms with Crippen molar-refractivity contribution in [2.45, 2.75) is 6.04 Å². The van der Waals surface area contributed by atoms with E-state index in [1.165, 1.54) is 0 Å². The molecule has 1 unspecified atom stereocenters. The second-order valence-electron chi connectivity index (χ2n) is 4.58. The Morgan fingerprint density at radius 1 is 0.950 bits per heavy atom. The van der Waals surface area contributed by atoms with Gasteiger partial charge in [-0.25, -0.2) is 4.68 Å². The van der Waals surface area contributed by atoms with Crippen LogP contribution in [0, 0.1) is 0 Å². The van der Waals surface area contributed by atoms with Crippen LogP contribution in [0.2, 0.25) is 0 Å². The van der Waals surface area contributed by atoms with Crippen molar-refractivity contribution in [2.24, 2.45) is 5.73 Å². The predicted molar refractivity (Wildman–Crippen MR) is 83.7 cm³/mol. The van der Waals surface area contributed by atoms with Gasteiger partial charge in [0.25, 0.3) is 0 Å². The SMILES string of the molecule is NC(c1ccc(Br)cc1)c1cnn(-c2ccccc2)c1. The van der Waals surface area contributed by atoms with Crippen molar-refractivity contribution in [3.05, 3.63) is 82.6 Å². The molecule has 0 radical (unpaired) electrons. The molecule has 3 nitrogen and oxygen atoms in total. The first-order valence-electron chi connectivity index (χ1n) is 6.35. The Bertz CT molecular complexity index is 689. The van der Waals surface area contributed by atoms with Crippen LogP contribution in [0.15, 0.2) is 71.5 Å². The van der Waals surface area contributed by atoms with E-state index in [0.29, 0.717) is 0 Å². The van der Waals surface area contributed by atoms with Gasteiger partial charge in [0.1, 0.15) is 0 Å². The zero-order chi connectivity index (χ0) is 13.9. The highest BCUT2D eigenvalue weighted by atomic mass is 79.9. The summed E-state index contributed by atoms with van der Waals surface area (Å²) in [6.07, 6.45) is 3.79. The summed E-state index contributed by atoms with van der Waals surface area (Å²) in [6, 6.07) is 17.9. The normalized spacial score (nSPS) is 12.3. The van der Waals surface area contributed by atoms with E-state index in [9.17, 15) is 0 Å². The van der Waals surface area contributed by atoms with Crippen molar-refractivity contribution in [3.8, 4) is 5.69 Å². The van der Waals surface area contributed by atoms with E-state index in [1.54, 1.807) is 0 Å². The molecule has 2 N–H and O–H groups in total. The molecule has 20 heavy (non-hydrogen) atoms. The van der Waals surface area contributed by atoms with Crippen molar-refractivity contribution in [3.63, 3.8) is 0 Å². The molecular formula is C16H14BrN3. The second kappa shape index (κ2) is 5.61. The number of benzene rings is 2. The standard InChI is InChI=1S/C16H14BrN3/c17-14-8-6-12(7-9-14)16(18)13-10-19-20(11-13)15-4-2-1-3-5-15/h1-11,16H,18H2. The fraction of sp³-hybridized carbons (Fsp3) is 0.0625. The average Bonchev–Trinajstić information content (AvgIpc) is 2.98. The van der Waals surface area contributed by atoms with Gasteiger partial charge in [-0.3, -0.25) is 0 Å². The molecule has 0 fully saturated rings. The molecule has 0 saturated heterocycles. The monoisotopic (exact) mass is 327 g/mol. The summed E-state index contributed by atoms with van der Waals surface area (Å²) >= 11 is 3.43. The lowest BCUT2D eigenvalue weighted by molar-refractivity contribution is 0.861. The Morgan fingerprint density at radius 3 is 2.35 bits per heavy atom. The largest absolute Gasteiger partial charge is 0.320 e. The van der Waals surface area contributed by atoms with Gasteiger partial charge in [0.2, 0.25) is 0 Å². The number of nitrogens with zero attached hydrogens (tertiary/aromatic N) is 2. The molecule has 0 spiro atoms. The van der Waals surface area contributed by atoms with Crippen molar-refractivity contribution >= 4 is 15.9 Å². The van der Waals surface area contributed by atoms with Crippen LogP contribution < -0.4 is 5.73 Å². The summed E-state index contributed by atoms with van der Waals surface area (Å²) in [5.41, 5.74) is 9.39. The van der Waals surface area contributed by atoms with Crippen LogP contribution in [-0.2, 0) is 0 Å². The van der Waals surface area contributed by atoms with Gasteiger partial charge in [-0.15, -0.1) is 0 Å². The Labute approximate surface area is 126 Å². The molecule has 0 saturated carbocycles. The third kappa shape index (κ3) is 2.66. The van der Waals surface area contributed by atoms with Gasteiger partial charge < -0.3 is 5.73 Å². The van der Waals surface area contributed by atoms with Crippen molar-refractivity contribution in [1.29, 1.82) is 0 Å².